The number of nitrogens with zero attached hydrogens (tertiary/aromatic N) is 5. The number of carbonyl (C=O) groups excluding carboxylic acids is 1. The normalized spacial score (nSPS) is 12.9. The second-order valence-corrected chi connectivity index (χ2v) is 8.89. The lowest BCUT2D eigenvalue weighted by molar-refractivity contribution is -0.111. The molecule has 2 aromatic heterocycles. The standard InChI is InChI=1S/C27H26F2N8O/c1-3-25(38)32-19-6-7-23(29)24(13-19)34-26-22(15-30-27(35-26)33-20-14-31-36(2)16-20)17-10-18(28)12-21(11-17)37-8-4-5-9-37/h3,6-7,10-16H,1,4-5,8-9H2,2H3,(H,32,38)(H2,30,33,34,35). The fourth-order valence-electron chi connectivity index (χ4n) is 4.27. The van der Waals surface area contributed by atoms with Gasteiger partial charge in [-0.1, -0.05) is 6.58 Å². The number of amides is 1. The summed E-state index contributed by atoms with van der Waals surface area (Å²) in [6.07, 6.45) is 8.15. The van der Waals surface area contributed by atoms with Crippen molar-refractivity contribution >= 4 is 40.4 Å². The lowest BCUT2D eigenvalue weighted by Crippen LogP contribution is -2.17. The highest BCUT2D eigenvalue weighted by molar-refractivity contribution is 5.99. The number of carbonyl (C=O) groups is 1. The van der Waals surface area contributed by atoms with Crippen molar-refractivity contribution in [2.24, 2.45) is 7.05 Å². The van der Waals surface area contributed by atoms with Crippen LogP contribution >= 0.6 is 0 Å². The molecule has 1 fully saturated rings. The van der Waals surface area contributed by atoms with E-state index in [4.69, 9.17) is 0 Å². The van der Waals surface area contributed by atoms with E-state index in [0.717, 1.165) is 37.7 Å². The lowest BCUT2D eigenvalue weighted by Gasteiger charge is -2.20. The molecule has 1 aliphatic rings. The summed E-state index contributed by atoms with van der Waals surface area (Å²) >= 11 is 0. The highest BCUT2D eigenvalue weighted by Crippen LogP contribution is 2.34. The Morgan fingerprint density at radius 1 is 1.05 bits per heavy atom. The van der Waals surface area contributed by atoms with Gasteiger partial charge in [-0.25, -0.2) is 13.8 Å². The van der Waals surface area contributed by atoms with Crippen LogP contribution in [0.15, 0.2) is 67.6 Å². The first kappa shape index (κ1) is 24.9. The summed E-state index contributed by atoms with van der Waals surface area (Å²) in [5.41, 5.74) is 2.87. The Bertz CT molecular complexity index is 1500. The number of rotatable bonds is 8. The molecule has 0 aliphatic carbocycles. The molecule has 1 saturated heterocycles. The largest absolute Gasteiger partial charge is 0.371 e. The topological polar surface area (TPSA) is 100 Å². The van der Waals surface area contributed by atoms with Crippen LogP contribution in [0.2, 0.25) is 0 Å². The summed E-state index contributed by atoms with van der Waals surface area (Å²) in [7, 11) is 1.78. The molecule has 5 rings (SSSR count). The molecule has 1 aliphatic heterocycles. The summed E-state index contributed by atoms with van der Waals surface area (Å²) in [5, 5.41) is 12.8. The third kappa shape index (κ3) is 5.61. The smallest absolute Gasteiger partial charge is 0.247 e. The van der Waals surface area contributed by atoms with E-state index in [1.165, 1.54) is 30.3 Å². The van der Waals surface area contributed by atoms with Crippen molar-refractivity contribution in [1.82, 2.24) is 19.7 Å². The third-order valence-corrected chi connectivity index (χ3v) is 6.09. The van der Waals surface area contributed by atoms with Gasteiger partial charge in [0.1, 0.15) is 17.5 Å². The van der Waals surface area contributed by atoms with Crippen LogP contribution in [0, 0.1) is 11.6 Å². The van der Waals surface area contributed by atoms with E-state index < -0.39 is 17.5 Å². The van der Waals surface area contributed by atoms with Crippen LogP contribution in [-0.2, 0) is 11.8 Å². The number of aryl methyl sites for hydroxylation is 1. The molecule has 11 heteroatoms. The van der Waals surface area contributed by atoms with Crippen molar-refractivity contribution in [2.75, 3.05) is 33.9 Å². The minimum Gasteiger partial charge on any atom is -0.371 e. The molecule has 0 unspecified atom stereocenters. The Morgan fingerprint density at radius 2 is 1.87 bits per heavy atom. The molecule has 1 amide bonds. The number of hydrogen-bond donors (Lipinski definition) is 3. The Hall–Kier alpha value is -4.80. The van der Waals surface area contributed by atoms with Gasteiger partial charge in [0.25, 0.3) is 0 Å². The third-order valence-electron chi connectivity index (χ3n) is 6.09. The predicted molar refractivity (Wildman–Crippen MR) is 144 cm³/mol. The first-order valence-electron chi connectivity index (χ1n) is 12.1. The summed E-state index contributed by atoms with van der Waals surface area (Å²) in [4.78, 5) is 22.9. The molecule has 0 spiro atoms. The molecule has 0 bridgehead atoms. The van der Waals surface area contributed by atoms with E-state index in [1.54, 1.807) is 30.3 Å². The quantitative estimate of drug-likeness (QED) is 0.271. The van der Waals surface area contributed by atoms with E-state index in [2.05, 4.69) is 42.5 Å². The number of hydrogen-bond acceptors (Lipinski definition) is 7. The molecular formula is C27H26F2N8O. The zero-order chi connectivity index (χ0) is 26.6. The Morgan fingerprint density at radius 3 is 2.61 bits per heavy atom. The SMILES string of the molecule is C=CC(=O)Nc1ccc(F)c(Nc2nc(Nc3cnn(C)c3)ncc2-c2cc(F)cc(N3CCCC3)c2)c1. The van der Waals surface area contributed by atoms with Crippen LogP contribution in [0.3, 0.4) is 0 Å². The van der Waals surface area contributed by atoms with Crippen molar-refractivity contribution in [3.63, 3.8) is 0 Å². The van der Waals surface area contributed by atoms with Gasteiger partial charge < -0.3 is 20.9 Å². The van der Waals surface area contributed by atoms with Gasteiger partial charge >= 0.3 is 0 Å². The molecule has 2 aromatic carbocycles. The second kappa shape index (κ2) is 10.7. The minimum absolute atomic E-state index is 0.0651. The van der Waals surface area contributed by atoms with Crippen LogP contribution in [0.25, 0.3) is 11.1 Å². The van der Waals surface area contributed by atoms with Gasteiger partial charge in [-0.2, -0.15) is 10.1 Å². The predicted octanol–water partition coefficient (Wildman–Crippen LogP) is 5.37. The van der Waals surface area contributed by atoms with E-state index in [0.29, 0.717) is 22.5 Å². The Labute approximate surface area is 218 Å². The summed E-state index contributed by atoms with van der Waals surface area (Å²) < 4.78 is 31.2. The maximum absolute atomic E-state index is 14.9. The fraction of sp³-hybridized carbons (Fsp3) is 0.185. The van der Waals surface area contributed by atoms with Crippen molar-refractivity contribution < 1.29 is 13.6 Å². The van der Waals surface area contributed by atoms with Crippen molar-refractivity contribution in [1.29, 1.82) is 0 Å². The van der Waals surface area contributed by atoms with Crippen molar-refractivity contribution in [3.8, 4) is 11.1 Å². The van der Waals surface area contributed by atoms with Gasteiger partial charge in [-0.15, -0.1) is 0 Å². The zero-order valence-corrected chi connectivity index (χ0v) is 20.7. The Balaban J connectivity index is 1.56. The Kier molecular flexibility index (Phi) is 6.98. The minimum atomic E-state index is -0.565. The maximum atomic E-state index is 14.9. The summed E-state index contributed by atoms with van der Waals surface area (Å²) in [5.74, 6) is -0.909. The molecule has 0 radical (unpaired) electrons. The van der Waals surface area contributed by atoms with Crippen LogP contribution in [0.5, 0.6) is 0 Å². The first-order valence-corrected chi connectivity index (χ1v) is 12.1. The van der Waals surface area contributed by atoms with Crippen molar-refractivity contribution in [3.05, 3.63) is 79.3 Å². The summed E-state index contributed by atoms with van der Waals surface area (Å²) in [6.45, 7) is 5.14. The molecule has 3 heterocycles. The average Bonchev–Trinajstić information content (AvgIpc) is 3.58. The van der Waals surface area contributed by atoms with Crippen molar-refractivity contribution in [2.45, 2.75) is 12.8 Å². The second-order valence-electron chi connectivity index (χ2n) is 8.89. The molecular weight excluding hydrogens is 490 g/mol. The molecule has 4 aromatic rings. The van der Waals surface area contributed by atoms with Gasteiger partial charge in [0, 0.05) is 49.5 Å². The highest BCUT2D eigenvalue weighted by atomic mass is 19.1. The lowest BCUT2D eigenvalue weighted by atomic mass is 10.1. The van der Waals surface area contributed by atoms with Crippen LogP contribution < -0.4 is 20.9 Å². The highest BCUT2D eigenvalue weighted by Gasteiger charge is 2.18. The first-order chi connectivity index (χ1) is 18.4. The van der Waals surface area contributed by atoms with E-state index in [9.17, 15) is 13.6 Å². The van der Waals surface area contributed by atoms with Gasteiger partial charge in [0.15, 0.2) is 0 Å². The zero-order valence-electron chi connectivity index (χ0n) is 20.7. The fourth-order valence-corrected chi connectivity index (χ4v) is 4.27. The van der Waals surface area contributed by atoms with Gasteiger partial charge in [-0.3, -0.25) is 9.48 Å². The van der Waals surface area contributed by atoms with Gasteiger partial charge in [0.05, 0.1) is 17.6 Å². The molecule has 3 N–H and O–H groups in total. The molecule has 194 valence electrons. The number of nitrogens with one attached hydrogen (secondary N) is 3. The van der Waals surface area contributed by atoms with Gasteiger partial charge in [0.2, 0.25) is 11.9 Å². The van der Waals surface area contributed by atoms with E-state index in [1.807, 2.05) is 6.07 Å². The maximum Gasteiger partial charge on any atom is 0.247 e. The van der Waals surface area contributed by atoms with Crippen LogP contribution in [0.1, 0.15) is 12.8 Å². The summed E-state index contributed by atoms with van der Waals surface area (Å²) in [6, 6.07) is 8.89. The molecule has 0 saturated carbocycles. The molecule has 9 nitrogen and oxygen atoms in total. The average molecular weight is 517 g/mol. The number of halogens is 2. The number of aromatic nitrogens is 4. The number of anilines is 6. The van der Waals surface area contributed by atoms with Gasteiger partial charge in [-0.05, 0) is 60.9 Å². The molecule has 38 heavy (non-hydrogen) atoms. The van der Waals surface area contributed by atoms with E-state index in [-0.39, 0.29) is 17.5 Å². The van der Waals surface area contributed by atoms with E-state index >= 15 is 0 Å². The van der Waals surface area contributed by atoms with Crippen LogP contribution in [0.4, 0.5) is 43.3 Å². The number of benzene rings is 2. The monoisotopic (exact) mass is 516 g/mol. The van der Waals surface area contributed by atoms with Crippen LogP contribution in [-0.4, -0.2) is 38.7 Å². The molecule has 0 atom stereocenters.